The minimum absolute atomic E-state index is 0.203. The lowest BCUT2D eigenvalue weighted by atomic mass is 9.87. The van der Waals surface area contributed by atoms with Gasteiger partial charge in [-0.3, -0.25) is 5.32 Å². The Morgan fingerprint density at radius 2 is 1.85 bits per heavy atom. The minimum Gasteiger partial charge on any atom is -0.478 e. The molecule has 33 heavy (non-hydrogen) atoms. The van der Waals surface area contributed by atoms with E-state index >= 15 is 4.39 Å². The third kappa shape index (κ3) is 4.27. The Morgan fingerprint density at radius 3 is 2.52 bits per heavy atom. The highest BCUT2D eigenvalue weighted by Crippen LogP contribution is 2.34. The number of hydrogen-bond acceptors (Lipinski definition) is 3. The Bertz CT molecular complexity index is 1260. The molecule has 4 aromatic rings. The predicted molar refractivity (Wildman–Crippen MR) is 121 cm³/mol. The van der Waals surface area contributed by atoms with Gasteiger partial charge in [-0.15, -0.1) is 0 Å². The van der Waals surface area contributed by atoms with Crippen molar-refractivity contribution in [3.8, 4) is 0 Å². The average Bonchev–Trinajstić information content (AvgIpc) is 3.35. The van der Waals surface area contributed by atoms with Crippen LogP contribution >= 0.6 is 0 Å². The molecule has 0 aliphatic rings. The molecule has 1 aromatic heterocycles. The number of carboxylic acids is 1. The van der Waals surface area contributed by atoms with Crippen LogP contribution in [0.25, 0.3) is 0 Å². The zero-order valence-electron chi connectivity index (χ0n) is 18.0. The lowest BCUT2D eigenvalue weighted by Gasteiger charge is -2.37. The number of halogens is 2. The van der Waals surface area contributed by atoms with Crippen molar-refractivity contribution in [2.75, 3.05) is 6.54 Å². The molecule has 168 valence electrons. The summed E-state index contributed by atoms with van der Waals surface area (Å²) in [5.41, 5.74) is 1.33. The van der Waals surface area contributed by atoms with Crippen molar-refractivity contribution in [1.82, 2.24) is 14.9 Å². The van der Waals surface area contributed by atoms with Crippen LogP contribution in [0.1, 0.15) is 39.5 Å². The van der Waals surface area contributed by atoms with Crippen LogP contribution in [0.2, 0.25) is 0 Å². The van der Waals surface area contributed by atoms with Gasteiger partial charge in [0, 0.05) is 18.0 Å². The lowest BCUT2D eigenvalue weighted by Crippen LogP contribution is -2.49. The van der Waals surface area contributed by atoms with Gasteiger partial charge in [0.05, 0.1) is 11.9 Å². The summed E-state index contributed by atoms with van der Waals surface area (Å²) in [4.78, 5) is 15.8. The second-order valence-corrected chi connectivity index (χ2v) is 7.67. The van der Waals surface area contributed by atoms with Gasteiger partial charge in [0.2, 0.25) is 0 Å². The number of hydrogen-bond donors (Lipinski definition) is 2. The molecule has 0 aliphatic carbocycles. The SMILES string of the molecule is CCNC(c1ccc(F)cc1)(c1cc(Cc2ccccc2C(=O)O)ccc1F)n1ccnc1. The van der Waals surface area contributed by atoms with Gasteiger partial charge >= 0.3 is 5.97 Å². The molecule has 0 radical (unpaired) electrons. The number of imidazole rings is 1. The number of nitrogens with one attached hydrogen (secondary N) is 1. The van der Waals surface area contributed by atoms with Crippen LogP contribution in [-0.2, 0) is 12.1 Å². The quantitative estimate of drug-likeness (QED) is 0.407. The van der Waals surface area contributed by atoms with E-state index in [1.807, 2.05) is 6.92 Å². The molecular formula is C26H23F2N3O2. The molecule has 1 atom stereocenters. The van der Waals surface area contributed by atoms with Crippen LogP contribution in [0.5, 0.6) is 0 Å². The summed E-state index contributed by atoms with van der Waals surface area (Å²) in [6, 6.07) is 17.4. The molecule has 0 fully saturated rings. The van der Waals surface area contributed by atoms with E-state index in [1.54, 1.807) is 71.8 Å². The fourth-order valence-corrected chi connectivity index (χ4v) is 4.20. The van der Waals surface area contributed by atoms with Crippen molar-refractivity contribution < 1.29 is 18.7 Å². The fraction of sp³-hybridized carbons (Fsp3) is 0.154. The van der Waals surface area contributed by atoms with E-state index in [1.165, 1.54) is 18.2 Å². The fourth-order valence-electron chi connectivity index (χ4n) is 4.20. The minimum atomic E-state index is -1.19. The molecule has 0 saturated carbocycles. The molecular weight excluding hydrogens is 424 g/mol. The first-order valence-electron chi connectivity index (χ1n) is 10.5. The van der Waals surface area contributed by atoms with Crippen molar-refractivity contribution in [1.29, 1.82) is 0 Å². The highest BCUT2D eigenvalue weighted by atomic mass is 19.1. The zero-order chi connectivity index (χ0) is 23.4. The highest BCUT2D eigenvalue weighted by molar-refractivity contribution is 5.89. The number of carbonyl (C=O) groups is 1. The van der Waals surface area contributed by atoms with Gasteiger partial charge in [0.25, 0.3) is 0 Å². The highest BCUT2D eigenvalue weighted by Gasteiger charge is 2.38. The van der Waals surface area contributed by atoms with Gasteiger partial charge in [0.15, 0.2) is 5.66 Å². The Balaban J connectivity index is 1.90. The van der Waals surface area contributed by atoms with Crippen LogP contribution in [0.4, 0.5) is 8.78 Å². The smallest absolute Gasteiger partial charge is 0.335 e. The third-order valence-electron chi connectivity index (χ3n) is 5.65. The molecule has 0 saturated heterocycles. The number of aromatic nitrogens is 2. The molecule has 0 amide bonds. The molecule has 0 aliphatic heterocycles. The zero-order valence-corrected chi connectivity index (χ0v) is 18.0. The first-order valence-corrected chi connectivity index (χ1v) is 10.5. The van der Waals surface area contributed by atoms with E-state index in [0.717, 1.165) is 5.56 Å². The third-order valence-corrected chi connectivity index (χ3v) is 5.65. The van der Waals surface area contributed by atoms with Crippen molar-refractivity contribution in [2.24, 2.45) is 0 Å². The van der Waals surface area contributed by atoms with E-state index < -0.39 is 23.3 Å². The molecule has 2 N–H and O–H groups in total. The largest absolute Gasteiger partial charge is 0.478 e. The summed E-state index contributed by atoms with van der Waals surface area (Å²) >= 11 is 0. The Labute approximate surface area is 190 Å². The molecule has 4 rings (SSSR count). The van der Waals surface area contributed by atoms with E-state index in [-0.39, 0.29) is 5.56 Å². The predicted octanol–water partition coefficient (Wildman–Crippen LogP) is 4.81. The Kier molecular flexibility index (Phi) is 6.33. The Morgan fingerprint density at radius 1 is 1.09 bits per heavy atom. The van der Waals surface area contributed by atoms with E-state index in [2.05, 4.69) is 10.3 Å². The van der Waals surface area contributed by atoms with Crippen LogP contribution < -0.4 is 5.32 Å². The molecule has 1 heterocycles. The van der Waals surface area contributed by atoms with Crippen LogP contribution in [0, 0.1) is 11.6 Å². The summed E-state index contributed by atoms with van der Waals surface area (Å²) in [5, 5.41) is 12.9. The van der Waals surface area contributed by atoms with Gasteiger partial charge in [-0.25, -0.2) is 18.6 Å². The van der Waals surface area contributed by atoms with Gasteiger partial charge in [0.1, 0.15) is 11.6 Å². The van der Waals surface area contributed by atoms with Crippen molar-refractivity contribution in [3.05, 3.63) is 125 Å². The van der Waals surface area contributed by atoms with Crippen LogP contribution in [0.15, 0.2) is 85.5 Å². The summed E-state index contributed by atoms with van der Waals surface area (Å²) in [7, 11) is 0. The molecule has 7 heteroatoms. The van der Waals surface area contributed by atoms with Gasteiger partial charge in [-0.2, -0.15) is 0 Å². The average molecular weight is 447 g/mol. The van der Waals surface area contributed by atoms with E-state index in [4.69, 9.17) is 0 Å². The van der Waals surface area contributed by atoms with Gasteiger partial charge in [-0.05, 0) is 60.0 Å². The van der Waals surface area contributed by atoms with Gasteiger partial charge < -0.3 is 9.67 Å². The van der Waals surface area contributed by atoms with Crippen molar-refractivity contribution in [3.63, 3.8) is 0 Å². The first kappa shape index (κ1) is 22.4. The number of aromatic carboxylic acids is 1. The molecule has 0 spiro atoms. The normalized spacial score (nSPS) is 12.9. The van der Waals surface area contributed by atoms with Crippen molar-refractivity contribution in [2.45, 2.75) is 19.0 Å². The Hall–Kier alpha value is -3.84. The summed E-state index contributed by atoms with van der Waals surface area (Å²) in [6.07, 6.45) is 5.21. The van der Waals surface area contributed by atoms with Crippen LogP contribution in [0.3, 0.4) is 0 Å². The number of rotatable bonds is 8. The number of benzene rings is 3. The molecule has 0 bridgehead atoms. The van der Waals surface area contributed by atoms with E-state index in [9.17, 15) is 14.3 Å². The second-order valence-electron chi connectivity index (χ2n) is 7.67. The molecule has 1 unspecified atom stereocenters. The monoisotopic (exact) mass is 447 g/mol. The molecule has 3 aromatic carbocycles. The van der Waals surface area contributed by atoms with Gasteiger partial charge in [-0.1, -0.05) is 43.3 Å². The molecule has 5 nitrogen and oxygen atoms in total. The topological polar surface area (TPSA) is 67.2 Å². The van der Waals surface area contributed by atoms with E-state index in [0.29, 0.717) is 29.7 Å². The summed E-state index contributed by atoms with van der Waals surface area (Å²) in [6.45, 7) is 2.39. The lowest BCUT2D eigenvalue weighted by molar-refractivity contribution is 0.0696. The first-order chi connectivity index (χ1) is 16.0. The van der Waals surface area contributed by atoms with Crippen molar-refractivity contribution >= 4 is 5.97 Å². The van der Waals surface area contributed by atoms with Crippen LogP contribution in [-0.4, -0.2) is 27.2 Å². The summed E-state index contributed by atoms with van der Waals surface area (Å²) < 4.78 is 30.9. The second kappa shape index (κ2) is 9.34. The maximum absolute atomic E-state index is 15.4. The summed E-state index contributed by atoms with van der Waals surface area (Å²) in [5.74, 6) is -1.86. The standard InChI is InChI=1S/C26H23F2N3O2/c1-2-30-26(31-14-13-29-17-31,20-8-10-21(27)11-9-20)23-16-18(7-12-24(23)28)15-19-5-3-4-6-22(19)25(32)33/h3-14,16-17,30H,2,15H2,1H3,(H,32,33). The maximum Gasteiger partial charge on any atom is 0.335 e. The number of nitrogens with zero attached hydrogens (tertiary/aromatic N) is 2. The maximum atomic E-state index is 15.4. The number of carboxylic acid groups (broad SMARTS) is 1.